The molecule has 0 radical (unpaired) electrons. The van der Waals surface area contributed by atoms with Crippen molar-refractivity contribution in [3.05, 3.63) is 52.2 Å². The van der Waals surface area contributed by atoms with Gasteiger partial charge < -0.3 is 9.47 Å². The monoisotopic (exact) mass is 391 g/mol. The molecule has 0 amide bonds. The maximum atomic E-state index is 13.1. The molecule has 0 fully saturated rings. The van der Waals surface area contributed by atoms with Gasteiger partial charge >= 0.3 is 11.9 Å². The van der Waals surface area contributed by atoms with Gasteiger partial charge in [0, 0.05) is 12.2 Å². The maximum Gasteiger partial charge on any atom is 0.338 e. The van der Waals surface area contributed by atoms with E-state index in [-0.39, 0.29) is 29.0 Å². The van der Waals surface area contributed by atoms with Gasteiger partial charge in [-0.25, -0.2) is 18.0 Å². The molecule has 0 N–H and O–H groups in total. The average Bonchev–Trinajstić information content (AvgIpc) is 3.11. The average molecular weight is 391 g/mol. The molecule has 1 aliphatic carbocycles. The molecule has 3 rings (SSSR count). The van der Waals surface area contributed by atoms with Crippen LogP contribution >= 0.6 is 0 Å². The van der Waals surface area contributed by atoms with E-state index < -0.39 is 22.0 Å². The molecule has 0 spiro atoms. The second kappa shape index (κ2) is 7.19. The zero-order valence-corrected chi connectivity index (χ0v) is 16.3. The number of sulfonamides is 1. The molecule has 0 saturated heterocycles. The van der Waals surface area contributed by atoms with E-state index in [1.807, 2.05) is 6.92 Å². The van der Waals surface area contributed by atoms with E-state index in [2.05, 4.69) is 0 Å². The van der Waals surface area contributed by atoms with Crippen molar-refractivity contribution in [2.45, 2.75) is 31.1 Å². The summed E-state index contributed by atoms with van der Waals surface area (Å²) in [5, 5.41) is 0. The summed E-state index contributed by atoms with van der Waals surface area (Å²) in [6, 6.07) is 6.63. The summed E-state index contributed by atoms with van der Waals surface area (Å²) in [6.07, 6.45) is 0.895. The van der Waals surface area contributed by atoms with Crippen LogP contribution in [0.15, 0.2) is 51.6 Å². The summed E-state index contributed by atoms with van der Waals surface area (Å²) in [5.74, 6) is -1.25. The minimum Gasteiger partial charge on any atom is -0.466 e. The molecule has 1 aromatic rings. The normalized spacial score (nSPS) is 17.1. The first-order chi connectivity index (χ1) is 12.8. The number of rotatable bonds is 4. The lowest BCUT2D eigenvalue weighted by Gasteiger charge is -2.26. The first kappa shape index (κ1) is 19.2. The maximum absolute atomic E-state index is 13.1. The number of allylic oxidation sites excluding steroid dienone is 1. The second-order valence-corrected chi connectivity index (χ2v) is 8.26. The predicted octanol–water partition coefficient (Wildman–Crippen LogP) is 2.08. The molecule has 8 heteroatoms. The van der Waals surface area contributed by atoms with Crippen LogP contribution in [0.3, 0.4) is 0 Å². The van der Waals surface area contributed by atoms with E-state index in [0.717, 1.165) is 5.56 Å². The minimum absolute atomic E-state index is 0.132. The number of aryl methyl sites for hydroxylation is 1. The molecule has 1 aliphatic heterocycles. The Morgan fingerprint density at radius 1 is 0.963 bits per heavy atom. The highest BCUT2D eigenvalue weighted by atomic mass is 32.2. The van der Waals surface area contributed by atoms with Crippen LogP contribution in [0, 0.1) is 6.92 Å². The summed E-state index contributed by atoms with van der Waals surface area (Å²) in [6.45, 7) is 2.10. The highest BCUT2D eigenvalue weighted by Gasteiger charge is 2.40. The molecule has 0 aromatic heterocycles. The van der Waals surface area contributed by atoms with Gasteiger partial charge in [-0.3, -0.25) is 4.31 Å². The number of hydrogen-bond donors (Lipinski definition) is 0. The van der Waals surface area contributed by atoms with Crippen molar-refractivity contribution >= 4 is 22.0 Å². The Hall–Kier alpha value is -2.61. The topological polar surface area (TPSA) is 90.0 Å². The Labute approximate surface area is 158 Å². The molecule has 0 saturated carbocycles. The lowest BCUT2D eigenvalue weighted by atomic mass is 9.88. The number of hydrogen-bond acceptors (Lipinski definition) is 6. The fourth-order valence-electron chi connectivity index (χ4n) is 3.52. The molecule has 144 valence electrons. The van der Waals surface area contributed by atoms with Crippen LogP contribution in [0.5, 0.6) is 0 Å². The molecule has 7 nitrogen and oxygen atoms in total. The zero-order valence-electron chi connectivity index (χ0n) is 15.4. The molecule has 0 atom stereocenters. The van der Waals surface area contributed by atoms with Gasteiger partial charge in [-0.1, -0.05) is 17.7 Å². The van der Waals surface area contributed by atoms with Gasteiger partial charge in [0.05, 0.1) is 30.3 Å². The summed E-state index contributed by atoms with van der Waals surface area (Å²) >= 11 is 0. The molecule has 0 unspecified atom stereocenters. The quantitative estimate of drug-likeness (QED) is 0.730. The number of carbonyl (C=O) groups is 2. The lowest BCUT2D eigenvalue weighted by Crippen LogP contribution is -2.29. The Kier molecular flexibility index (Phi) is 5.10. The van der Waals surface area contributed by atoms with Gasteiger partial charge in [0.1, 0.15) is 0 Å². The fourth-order valence-corrected chi connectivity index (χ4v) is 5.07. The first-order valence-corrected chi connectivity index (χ1v) is 9.96. The summed E-state index contributed by atoms with van der Waals surface area (Å²) in [7, 11) is -1.26. The Morgan fingerprint density at radius 3 is 2.19 bits per heavy atom. The smallest absolute Gasteiger partial charge is 0.338 e. The van der Waals surface area contributed by atoms with Crippen LogP contribution in [0.2, 0.25) is 0 Å². The molecule has 27 heavy (non-hydrogen) atoms. The van der Waals surface area contributed by atoms with Crippen LogP contribution in [-0.4, -0.2) is 45.4 Å². The van der Waals surface area contributed by atoms with E-state index in [9.17, 15) is 18.0 Å². The zero-order chi connectivity index (χ0) is 19.8. The largest absolute Gasteiger partial charge is 0.466 e. The van der Waals surface area contributed by atoms with E-state index in [4.69, 9.17) is 9.47 Å². The van der Waals surface area contributed by atoms with Crippen LogP contribution in [0.25, 0.3) is 0 Å². The van der Waals surface area contributed by atoms with Crippen molar-refractivity contribution in [2.75, 3.05) is 20.8 Å². The number of esters is 2. The molecule has 1 aromatic carbocycles. The van der Waals surface area contributed by atoms with Crippen molar-refractivity contribution < 1.29 is 27.5 Å². The summed E-state index contributed by atoms with van der Waals surface area (Å²) in [4.78, 5) is 24.6. The predicted molar refractivity (Wildman–Crippen MR) is 97.0 cm³/mol. The van der Waals surface area contributed by atoms with Crippen molar-refractivity contribution in [2.24, 2.45) is 0 Å². The molecule has 0 bridgehead atoms. The number of ether oxygens (including phenoxy) is 2. The number of nitrogens with zero attached hydrogens (tertiary/aromatic N) is 1. The first-order valence-electron chi connectivity index (χ1n) is 8.52. The Morgan fingerprint density at radius 2 is 1.59 bits per heavy atom. The number of carbonyl (C=O) groups excluding carboxylic acids is 2. The van der Waals surface area contributed by atoms with E-state index in [1.165, 1.54) is 18.5 Å². The van der Waals surface area contributed by atoms with Gasteiger partial charge in [-0.15, -0.1) is 0 Å². The van der Waals surface area contributed by atoms with Gasteiger partial charge in [-0.05, 0) is 43.9 Å². The van der Waals surface area contributed by atoms with Crippen LogP contribution < -0.4 is 0 Å². The fraction of sp³-hybridized carbons (Fsp3) is 0.368. The standard InChI is InChI=1S/C19H21NO6S/c1-12-4-6-13(7-5-12)27(23,24)20-11-10-14-16(20)9-8-15(18(21)25-2)17(14)19(22)26-3/h4-7H,8-11H2,1-3H3. The third-order valence-electron chi connectivity index (χ3n) is 4.86. The third-order valence-corrected chi connectivity index (χ3v) is 6.71. The Balaban J connectivity index is 2.08. The molecule has 1 heterocycles. The second-order valence-electron chi connectivity index (χ2n) is 6.40. The van der Waals surface area contributed by atoms with E-state index >= 15 is 0 Å². The SMILES string of the molecule is COC(=O)C1=C(C(=O)OC)C2=C(CC1)N(S(=O)(=O)c1ccc(C)cc1)CC2. The Bertz CT molecular complexity index is 956. The highest BCUT2D eigenvalue weighted by Crippen LogP contribution is 2.41. The van der Waals surface area contributed by atoms with Crippen molar-refractivity contribution in [3.8, 4) is 0 Å². The van der Waals surface area contributed by atoms with Crippen molar-refractivity contribution in [1.29, 1.82) is 0 Å². The highest BCUT2D eigenvalue weighted by molar-refractivity contribution is 7.89. The lowest BCUT2D eigenvalue weighted by molar-refractivity contribution is -0.139. The van der Waals surface area contributed by atoms with Gasteiger partial charge in [0.25, 0.3) is 10.0 Å². The summed E-state index contributed by atoms with van der Waals surface area (Å²) < 4.78 is 37.1. The summed E-state index contributed by atoms with van der Waals surface area (Å²) in [5.41, 5.74) is 2.42. The van der Waals surface area contributed by atoms with E-state index in [1.54, 1.807) is 24.3 Å². The van der Waals surface area contributed by atoms with E-state index in [0.29, 0.717) is 24.1 Å². The molecular weight excluding hydrogens is 370 g/mol. The molecular formula is C19H21NO6S. The third kappa shape index (κ3) is 3.25. The van der Waals surface area contributed by atoms with Crippen LogP contribution in [-0.2, 0) is 29.1 Å². The van der Waals surface area contributed by atoms with Crippen molar-refractivity contribution in [3.63, 3.8) is 0 Å². The minimum atomic E-state index is -3.74. The molecule has 2 aliphatic rings. The number of methoxy groups -OCH3 is 2. The van der Waals surface area contributed by atoms with Gasteiger partial charge in [0.2, 0.25) is 0 Å². The van der Waals surface area contributed by atoms with Gasteiger partial charge in [0.15, 0.2) is 0 Å². The van der Waals surface area contributed by atoms with Crippen LogP contribution in [0.4, 0.5) is 0 Å². The van der Waals surface area contributed by atoms with Gasteiger partial charge in [-0.2, -0.15) is 0 Å². The van der Waals surface area contributed by atoms with Crippen molar-refractivity contribution in [1.82, 2.24) is 4.31 Å². The van der Waals surface area contributed by atoms with Crippen LogP contribution in [0.1, 0.15) is 24.8 Å². The number of benzene rings is 1.